The van der Waals surface area contributed by atoms with Gasteiger partial charge in [0.15, 0.2) is 0 Å². The molecular formula is C17H15F3N2O3S. The van der Waals surface area contributed by atoms with Crippen LogP contribution < -0.4 is 10.0 Å². The normalized spacial score (nSPS) is 14.5. The summed E-state index contributed by atoms with van der Waals surface area (Å²) in [6.45, 7) is 1.30. The SMILES string of the molecule is Cc1ccc(NS(=O)(=O)c2ccc3c(c2)CCC(=O)N3)cc1C(F)(F)F. The van der Waals surface area contributed by atoms with Gasteiger partial charge < -0.3 is 5.32 Å². The van der Waals surface area contributed by atoms with E-state index >= 15 is 0 Å². The molecule has 26 heavy (non-hydrogen) atoms. The van der Waals surface area contributed by atoms with Gasteiger partial charge in [0.1, 0.15) is 0 Å². The van der Waals surface area contributed by atoms with E-state index in [0.29, 0.717) is 17.7 Å². The number of carbonyl (C=O) groups is 1. The predicted octanol–water partition coefficient (Wildman–Crippen LogP) is 3.70. The van der Waals surface area contributed by atoms with Gasteiger partial charge in [0.25, 0.3) is 10.0 Å². The van der Waals surface area contributed by atoms with Crippen molar-refractivity contribution in [3.63, 3.8) is 0 Å². The van der Waals surface area contributed by atoms with E-state index in [9.17, 15) is 26.4 Å². The molecule has 0 fully saturated rings. The largest absolute Gasteiger partial charge is 0.416 e. The summed E-state index contributed by atoms with van der Waals surface area (Å²) in [7, 11) is -4.07. The molecule has 0 unspecified atom stereocenters. The van der Waals surface area contributed by atoms with E-state index in [1.54, 1.807) is 0 Å². The number of hydrogen-bond donors (Lipinski definition) is 2. The molecule has 1 heterocycles. The highest BCUT2D eigenvalue weighted by atomic mass is 32.2. The summed E-state index contributed by atoms with van der Waals surface area (Å²) in [6, 6.07) is 7.44. The minimum absolute atomic E-state index is 0.00460. The molecule has 0 bridgehead atoms. The van der Waals surface area contributed by atoms with Gasteiger partial charge >= 0.3 is 6.18 Å². The van der Waals surface area contributed by atoms with E-state index < -0.39 is 21.8 Å². The van der Waals surface area contributed by atoms with Gasteiger partial charge in [-0.05, 0) is 54.8 Å². The predicted molar refractivity (Wildman–Crippen MR) is 90.4 cm³/mol. The molecule has 0 saturated carbocycles. The first-order valence-corrected chi connectivity index (χ1v) is 9.18. The molecule has 0 atom stereocenters. The highest BCUT2D eigenvalue weighted by Crippen LogP contribution is 2.34. The lowest BCUT2D eigenvalue weighted by Gasteiger charge is -2.18. The van der Waals surface area contributed by atoms with E-state index in [4.69, 9.17) is 0 Å². The molecular weight excluding hydrogens is 369 g/mol. The van der Waals surface area contributed by atoms with Crippen LogP contribution in [0.5, 0.6) is 0 Å². The number of amides is 1. The zero-order valence-corrected chi connectivity index (χ0v) is 14.5. The van der Waals surface area contributed by atoms with Crippen LogP contribution in [0.15, 0.2) is 41.3 Å². The second kappa shape index (κ2) is 6.31. The summed E-state index contributed by atoms with van der Waals surface area (Å²) in [4.78, 5) is 11.3. The number of benzene rings is 2. The Bertz CT molecular complexity index is 985. The zero-order valence-electron chi connectivity index (χ0n) is 13.6. The smallest absolute Gasteiger partial charge is 0.326 e. The van der Waals surface area contributed by atoms with Crippen LogP contribution in [0.2, 0.25) is 0 Å². The summed E-state index contributed by atoms with van der Waals surface area (Å²) in [5, 5.41) is 2.64. The number of carbonyl (C=O) groups excluding carboxylic acids is 1. The number of aryl methyl sites for hydroxylation is 2. The number of nitrogens with one attached hydrogen (secondary N) is 2. The minimum atomic E-state index is -4.57. The Morgan fingerprint density at radius 1 is 1.08 bits per heavy atom. The molecule has 9 heteroatoms. The second-order valence-corrected chi connectivity index (χ2v) is 7.68. The molecule has 0 spiro atoms. The third kappa shape index (κ3) is 3.67. The van der Waals surface area contributed by atoms with Crippen LogP contribution in [-0.2, 0) is 27.4 Å². The van der Waals surface area contributed by atoms with Crippen molar-refractivity contribution in [3.8, 4) is 0 Å². The topological polar surface area (TPSA) is 75.3 Å². The Balaban J connectivity index is 1.92. The van der Waals surface area contributed by atoms with Gasteiger partial charge in [-0.1, -0.05) is 6.07 Å². The molecule has 1 aliphatic rings. The second-order valence-electron chi connectivity index (χ2n) is 6.00. The fourth-order valence-electron chi connectivity index (χ4n) is 2.73. The van der Waals surface area contributed by atoms with Gasteiger partial charge in [0, 0.05) is 17.8 Å². The number of rotatable bonds is 3. The van der Waals surface area contributed by atoms with Crippen molar-refractivity contribution in [1.29, 1.82) is 0 Å². The standard InChI is InChI=1S/C17H15F3N2O3S/c1-10-2-4-12(9-14(10)17(18,19)20)22-26(24,25)13-5-6-15-11(8-13)3-7-16(23)21-15/h2,4-6,8-9,22H,3,7H2,1H3,(H,21,23). The van der Waals surface area contributed by atoms with E-state index in [-0.39, 0.29) is 28.5 Å². The molecule has 0 saturated heterocycles. The first-order valence-electron chi connectivity index (χ1n) is 7.70. The molecule has 3 rings (SSSR count). The van der Waals surface area contributed by atoms with Gasteiger partial charge in [-0.3, -0.25) is 9.52 Å². The van der Waals surface area contributed by atoms with Gasteiger partial charge in [-0.2, -0.15) is 13.2 Å². The zero-order chi connectivity index (χ0) is 19.1. The molecule has 0 aliphatic carbocycles. The van der Waals surface area contributed by atoms with Crippen molar-refractivity contribution in [3.05, 3.63) is 53.1 Å². The van der Waals surface area contributed by atoms with Crippen LogP contribution in [0, 0.1) is 6.92 Å². The van der Waals surface area contributed by atoms with Crippen molar-refractivity contribution < 1.29 is 26.4 Å². The monoisotopic (exact) mass is 384 g/mol. The molecule has 2 aromatic rings. The van der Waals surface area contributed by atoms with E-state index in [1.165, 1.54) is 37.3 Å². The molecule has 2 N–H and O–H groups in total. The van der Waals surface area contributed by atoms with Crippen molar-refractivity contribution in [1.82, 2.24) is 0 Å². The molecule has 0 radical (unpaired) electrons. The average molecular weight is 384 g/mol. The van der Waals surface area contributed by atoms with E-state index in [1.807, 2.05) is 0 Å². The summed E-state index contributed by atoms with van der Waals surface area (Å²) in [5.41, 5.74) is 0.132. The number of fused-ring (bicyclic) bond motifs is 1. The summed E-state index contributed by atoms with van der Waals surface area (Å²) in [5.74, 6) is -0.148. The lowest BCUT2D eigenvalue weighted by atomic mass is 10.0. The van der Waals surface area contributed by atoms with Crippen LogP contribution >= 0.6 is 0 Å². The van der Waals surface area contributed by atoms with E-state index in [0.717, 1.165) is 6.07 Å². The van der Waals surface area contributed by atoms with Gasteiger partial charge in [-0.15, -0.1) is 0 Å². The van der Waals surface area contributed by atoms with Crippen molar-refractivity contribution in [2.75, 3.05) is 10.0 Å². The first kappa shape index (κ1) is 18.2. The summed E-state index contributed by atoms with van der Waals surface area (Å²) < 4.78 is 66.2. The van der Waals surface area contributed by atoms with Crippen LogP contribution in [0.4, 0.5) is 24.5 Å². The summed E-state index contributed by atoms with van der Waals surface area (Å²) >= 11 is 0. The highest BCUT2D eigenvalue weighted by Gasteiger charge is 2.33. The number of hydrogen-bond acceptors (Lipinski definition) is 3. The minimum Gasteiger partial charge on any atom is -0.326 e. The molecule has 2 aromatic carbocycles. The number of halogens is 3. The number of alkyl halides is 3. The van der Waals surface area contributed by atoms with Crippen LogP contribution in [0.25, 0.3) is 0 Å². The molecule has 138 valence electrons. The van der Waals surface area contributed by atoms with Crippen LogP contribution in [0.1, 0.15) is 23.1 Å². The molecule has 5 nitrogen and oxygen atoms in total. The Kier molecular flexibility index (Phi) is 4.43. The average Bonchev–Trinajstić information content (AvgIpc) is 2.54. The number of anilines is 2. The van der Waals surface area contributed by atoms with Crippen molar-refractivity contribution in [2.24, 2.45) is 0 Å². The first-order chi connectivity index (χ1) is 12.1. The molecule has 1 aliphatic heterocycles. The lowest BCUT2D eigenvalue weighted by molar-refractivity contribution is -0.138. The van der Waals surface area contributed by atoms with Gasteiger partial charge in [0.05, 0.1) is 10.5 Å². The maximum Gasteiger partial charge on any atom is 0.416 e. The van der Waals surface area contributed by atoms with Gasteiger partial charge in [-0.25, -0.2) is 8.42 Å². The molecule has 0 aromatic heterocycles. The van der Waals surface area contributed by atoms with Crippen LogP contribution in [0.3, 0.4) is 0 Å². The number of sulfonamides is 1. The maximum absolute atomic E-state index is 13.0. The third-order valence-electron chi connectivity index (χ3n) is 4.08. The van der Waals surface area contributed by atoms with Crippen molar-refractivity contribution in [2.45, 2.75) is 30.8 Å². The fraction of sp³-hybridized carbons (Fsp3) is 0.235. The Labute approximate surface area is 148 Å². The Morgan fingerprint density at radius 2 is 1.81 bits per heavy atom. The molecule has 1 amide bonds. The quantitative estimate of drug-likeness (QED) is 0.847. The Hall–Kier alpha value is -2.55. The highest BCUT2D eigenvalue weighted by molar-refractivity contribution is 7.92. The van der Waals surface area contributed by atoms with Gasteiger partial charge in [0.2, 0.25) is 5.91 Å². The lowest BCUT2D eigenvalue weighted by Crippen LogP contribution is -2.20. The van der Waals surface area contributed by atoms with Crippen LogP contribution in [-0.4, -0.2) is 14.3 Å². The maximum atomic E-state index is 13.0. The summed E-state index contributed by atoms with van der Waals surface area (Å²) in [6.07, 6.45) is -3.93. The third-order valence-corrected chi connectivity index (χ3v) is 5.46. The van der Waals surface area contributed by atoms with Crippen molar-refractivity contribution >= 4 is 27.3 Å². The fourth-order valence-corrected chi connectivity index (χ4v) is 3.83. The van der Waals surface area contributed by atoms with E-state index in [2.05, 4.69) is 10.0 Å². The Morgan fingerprint density at radius 3 is 2.50 bits per heavy atom.